The largest absolute Gasteiger partial charge is 0.466 e. The fourth-order valence-corrected chi connectivity index (χ4v) is 2.71. The van der Waals surface area contributed by atoms with Crippen molar-refractivity contribution < 1.29 is 19.5 Å². The van der Waals surface area contributed by atoms with Gasteiger partial charge in [0.15, 0.2) is 0 Å². The van der Waals surface area contributed by atoms with E-state index in [-0.39, 0.29) is 12.6 Å². The number of hydrogen-bond acceptors (Lipinski definition) is 6. The number of carbonyl (C=O) groups excluding carboxylic acids is 1. The molecule has 2 aromatic rings. The van der Waals surface area contributed by atoms with Crippen molar-refractivity contribution in [2.24, 2.45) is 5.16 Å². The molecule has 1 N–H and O–H groups in total. The zero-order valence-corrected chi connectivity index (χ0v) is 15.6. The summed E-state index contributed by atoms with van der Waals surface area (Å²) >= 11 is 0. The van der Waals surface area contributed by atoms with E-state index in [1.54, 1.807) is 25.5 Å². The zero-order chi connectivity index (χ0) is 19.3. The van der Waals surface area contributed by atoms with Gasteiger partial charge in [0.05, 0.1) is 19.4 Å². The lowest BCUT2D eigenvalue weighted by Crippen LogP contribution is -2.03. The van der Waals surface area contributed by atoms with Gasteiger partial charge in [-0.3, -0.25) is 9.78 Å². The highest BCUT2D eigenvalue weighted by atomic mass is 16.6. The van der Waals surface area contributed by atoms with Gasteiger partial charge in [0.2, 0.25) is 0 Å². The minimum absolute atomic E-state index is 0.0623. The highest BCUT2D eigenvalue weighted by Crippen LogP contribution is 2.26. The first-order valence-corrected chi connectivity index (χ1v) is 9.20. The molecule has 144 valence electrons. The Kier molecular flexibility index (Phi) is 9.00. The Morgan fingerprint density at radius 1 is 1.22 bits per heavy atom. The number of ether oxygens (including phenoxy) is 1. The summed E-state index contributed by atoms with van der Waals surface area (Å²) in [4.78, 5) is 20.7. The number of oxime groups is 1. The van der Waals surface area contributed by atoms with E-state index in [9.17, 15) is 9.90 Å². The SMILES string of the molecule is CCOC(=O)CCCCCON=Cc1cccc(CO)c1-c1cccnc1. The number of aliphatic hydroxyl groups is 1. The predicted octanol–water partition coefficient (Wildman–Crippen LogP) is 3.71. The number of benzene rings is 1. The van der Waals surface area contributed by atoms with Crippen LogP contribution in [-0.2, 0) is 21.0 Å². The van der Waals surface area contributed by atoms with Crippen LogP contribution in [0.15, 0.2) is 47.9 Å². The standard InChI is InChI=1S/C21H26N2O4/c1-2-26-20(25)11-4-3-5-13-27-23-15-18-8-6-9-19(16-24)21(18)17-10-7-12-22-14-17/h6-10,12,14-15,24H,2-5,11,13,16H2,1H3. The fourth-order valence-electron chi connectivity index (χ4n) is 2.71. The van der Waals surface area contributed by atoms with E-state index in [4.69, 9.17) is 9.57 Å². The van der Waals surface area contributed by atoms with Crippen LogP contribution in [0.25, 0.3) is 11.1 Å². The molecule has 0 atom stereocenters. The molecule has 2 rings (SSSR count). The number of carbonyl (C=O) groups is 1. The lowest BCUT2D eigenvalue weighted by Gasteiger charge is -2.10. The van der Waals surface area contributed by atoms with Crippen LogP contribution in [0, 0.1) is 0 Å². The molecule has 0 bridgehead atoms. The molecular weight excluding hydrogens is 344 g/mol. The van der Waals surface area contributed by atoms with Crippen molar-refractivity contribution in [3.8, 4) is 11.1 Å². The van der Waals surface area contributed by atoms with Crippen LogP contribution in [-0.4, -0.2) is 35.5 Å². The average molecular weight is 370 g/mol. The van der Waals surface area contributed by atoms with Gasteiger partial charge in [-0.05, 0) is 43.4 Å². The van der Waals surface area contributed by atoms with E-state index < -0.39 is 0 Å². The maximum atomic E-state index is 11.2. The van der Waals surface area contributed by atoms with Crippen LogP contribution < -0.4 is 0 Å². The van der Waals surface area contributed by atoms with Crippen LogP contribution in [0.3, 0.4) is 0 Å². The average Bonchev–Trinajstić information content (AvgIpc) is 2.70. The minimum Gasteiger partial charge on any atom is -0.466 e. The van der Waals surface area contributed by atoms with Crippen molar-refractivity contribution >= 4 is 12.2 Å². The van der Waals surface area contributed by atoms with E-state index in [2.05, 4.69) is 10.1 Å². The monoisotopic (exact) mass is 370 g/mol. The quantitative estimate of drug-likeness (QED) is 0.282. The lowest BCUT2D eigenvalue weighted by molar-refractivity contribution is -0.143. The van der Waals surface area contributed by atoms with Crippen molar-refractivity contribution in [3.63, 3.8) is 0 Å². The number of aromatic nitrogens is 1. The van der Waals surface area contributed by atoms with Crippen LogP contribution in [0.2, 0.25) is 0 Å². The van der Waals surface area contributed by atoms with E-state index in [1.807, 2.05) is 30.3 Å². The summed E-state index contributed by atoms with van der Waals surface area (Å²) < 4.78 is 4.89. The summed E-state index contributed by atoms with van der Waals surface area (Å²) in [6, 6.07) is 9.49. The first-order chi connectivity index (χ1) is 13.3. The fraction of sp³-hybridized carbons (Fsp3) is 0.381. The molecule has 0 fully saturated rings. The van der Waals surface area contributed by atoms with E-state index >= 15 is 0 Å². The molecular formula is C21H26N2O4. The molecule has 27 heavy (non-hydrogen) atoms. The first kappa shape index (κ1) is 20.6. The third kappa shape index (κ3) is 6.83. The smallest absolute Gasteiger partial charge is 0.305 e. The predicted molar refractivity (Wildman–Crippen MR) is 104 cm³/mol. The summed E-state index contributed by atoms with van der Waals surface area (Å²) in [6.07, 6.45) is 8.06. The maximum absolute atomic E-state index is 11.2. The molecule has 1 aromatic carbocycles. The van der Waals surface area contributed by atoms with Gasteiger partial charge >= 0.3 is 5.97 Å². The Balaban J connectivity index is 1.86. The highest BCUT2D eigenvalue weighted by Gasteiger charge is 2.09. The number of aliphatic hydroxyl groups excluding tert-OH is 1. The molecule has 0 spiro atoms. The molecule has 6 nitrogen and oxygen atoms in total. The Morgan fingerprint density at radius 2 is 2.11 bits per heavy atom. The topological polar surface area (TPSA) is 81.0 Å². The van der Waals surface area contributed by atoms with Crippen molar-refractivity contribution in [1.82, 2.24) is 4.98 Å². The number of esters is 1. The molecule has 1 aromatic heterocycles. The minimum atomic E-state index is -0.150. The number of rotatable bonds is 11. The van der Waals surface area contributed by atoms with E-state index in [0.717, 1.165) is 41.5 Å². The molecule has 6 heteroatoms. The Bertz CT molecular complexity index is 732. The second-order valence-electron chi connectivity index (χ2n) is 5.96. The van der Waals surface area contributed by atoms with Gasteiger partial charge in [-0.25, -0.2) is 0 Å². The van der Waals surface area contributed by atoms with Crippen molar-refractivity contribution in [2.75, 3.05) is 13.2 Å². The van der Waals surface area contributed by atoms with Gasteiger partial charge in [-0.15, -0.1) is 0 Å². The summed E-state index contributed by atoms with van der Waals surface area (Å²) in [5.74, 6) is -0.150. The Hall–Kier alpha value is -2.73. The summed E-state index contributed by atoms with van der Waals surface area (Å²) in [7, 11) is 0. The van der Waals surface area contributed by atoms with Crippen LogP contribution >= 0.6 is 0 Å². The molecule has 0 amide bonds. The Morgan fingerprint density at radius 3 is 2.85 bits per heavy atom. The normalized spacial score (nSPS) is 10.9. The first-order valence-electron chi connectivity index (χ1n) is 9.20. The summed E-state index contributed by atoms with van der Waals surface area (Å²) in [6.45, 7) is 2.66. The number of pyridine rings is 1. The second kappa shape index (κ2) is 11.8. The van der Waals surface area contributed by atoms with Gasteiger partial charge in [0.25, 0.3) is 0 Å². The van der Waals surface area contributed by atoms with Gasteiger partial charge in [0.1, 0.15) is 6.61 Å². The highest BCUT2D eigenvalue weighted by molar-refractivity contribution is 5.91. The number of hydrogen-bond donors (Lipinski definition) is 1. The summed E-state index contributed by atoms with van der Waals surface area (Å²) in [5.41, 5.74) is 3.49. The van der Waals surface area contributed by atoms with Crippen molar-refractivity contribution in [2.45, 2.75) is 39.2 Å². The Labute approximate surface area is 159 Å². The molecule has 0 saturated carbocycles. The number of unbranched alkanes of at least 4 members (excludes halogenated alkanes) is 2. The third-order valence-corrected chi connectivity index (χ3v) is 3.99. The molecule has 0 aliphatic heterocycles. The molecule has 0 aliphatic rings. The van der Waals surface area contributed by atoms with Crippen LogP contribution in [0.5, 0.6) is 0 Å². The zero-order valence-electron chi connectivity index (χ0n) is 15.6. The van der Waals surface area contributed by atoms with Crippen LogP contribution in [0.1, 0.15) is 43.7 Å². The molecule has 0 unspecified atom stereocenters. The summed E-state index contributed by atoms with van der Waals surface area (Å²) in [5, 5.41) is 13.7. The van der Waals surface area contributed by atoms with Gasteiger partial charge in [-0.1, -0.05) is 29.4 Å². The van der Waals surface area contributed by atoms with E-state index in [1.165, 1.54) is 0 Å². The molecule has 0 aliphatic carbocycles. The van der Waals surface area contributed by atoms with Crippen molar-refractivity contribution in [3.05, 3.63) is 53.9 Å². The van der Waals surface area contributed by atoms with E-state index in [0.29, 0.717) is 19.6 Å². The maximum Gasteiger partial charge on any atom is 0.305 e. The second-order valence-corrected chi connectivity index (χ2v) is 5.96. The molecule has 1 heterocycles. The third-order valence-electron chi connectivity index (χ3n) is 3.99. The molecule has 0 saturated heterocycles. The van der Waals surface area contributed by atoms with Gasteiger partial charge in [0, 0.05) is 29.9 Å². The van der Waals surface area contributed by atoms with Gasteiger partial charge in [-0.2, -0.15) is 0 Å². The van der Waals surface area contributed by atoms with Crippen molar-refractivity contribution in [1.29, 1.82) is 0 Å². The van der Waals surface area contributed by atoms with Gasteiger partial charge < -0.3 is 14.7 Å². The molecule has 0 radical (unpaired) electrons. The lowest BCUT2D eigenvalue weighted by atomic mass is 9.96. The number of nitrogens with zero attached hydrogens (tertiary/aromatic N) is 2. The van der Waals surface area contributed by atoms with Crippen LogP contribution in [0.4, 0.5) is 0 Å².